The van der Waals surface area contributed by atoms with Gasteiger partial charge in [0.2, 0.25) is 0 Å². The first-order chi connectivity index (χ1) is 9.63. The normalized spacial score (nSPS) is 27.9. The molecule has 1 aromatic rings. The predicted molar refractivity (Wildman–Crippen MR) is 85.1 cm³/mol. The van der Waals surface area contributed by atoms with Gasteiger partial charge in [0.15, 0.2) is 0 Å². The van der Waals surface area contributed by atoms with E-state index < -0.39 is 0 Å². The van der Waals surface area contributed by atoms with Crippen LogP contribution in [0.15, 0.2) is 24.3 Å². The Labute approximate surface area is 123 Å². The lowest BCUT2D eigenvalue weighted by Gasteiger charge is -2.27. The molecule has 2 aliphatic rings. The molecule has 1 saturated carbocycles. The standard InChI is InChI=1S/C18H28N2/c1-14(19)18(10-11-18)17-8-4-3-7-16(17)15-6-5-12-20(2)13-9-15/h3-4,7-8,14-15H,5-6,9-13,19H2,1-2H3. The van der Waals surface area contributed by atoms with Crippen molar-refractivity contribution in [1.82, 2.24) is 4.90 Å². The van der Waals surface area contributed by atoms with Crippen LogP contribution in [-0.4, -0.2) is 31.1 Å². The van der Waals surface area contributed by atoms with Crippen LogP contribution in [0.25, 0.3) is 0 Å². The number of hydrogen-bond donors (Lipinski definition) is 1. The topological polar surface area (TPSA) is 29.3 Å². The maximum Gasteiger partial charge on any atom is 0.0108 e. The van der Waals surface area contributed by atoms with Gasteiger partial charge in [0.05, 0.1) is 0 Å². The number of rotatable bonds is 3. The zero-order valence-corrected chi connectivity index (χ0v) is 12.9. The minimum absolute atomic E-state index is 0.275. The van der Waals surface area contributed by atoms with Gasteiger partial charge < -0.3 is 10.6 Å². The second-order valence-corrected chi connectivity index (χ2v) is 6.96. The fourth-order valence-corrected chi connectivity index (χ4v) is 3.96. The first-order valence-electron chi connectivity index (χ1n) is 8.17. The molecule has 1 aliphatic heterocycles. The third-order valence-corrected chi connectivity index (χ3v) is 5.55. The van der Waals surface area contributed by atoms with Gasteiger partial charge in [-0.3, -0.25) is 0 Å². The molecule has 0 amide bonds. The Morgan fingerprint density at radius 2 is 1.95 bits per heavy atom. The second-order valence-electron chi connectivity index (χ2n) is 6.96. The van der Waals surface area contributed by atoms with Crippen molar-refractivity contribution < 1.29 is 0 Å². The smallest absolute Gasteiger partial charge is 0.0108 e. The fraction of sp³-hybridized carbons (Fsp3) is 0.667. The molecule has 0 spiro atoms. The van der Waals surface area contributed by atoms with Crippen LogP contribution in [0.3, 0.4) is 0 Å². The lowest BCUT2D eigenvalue weighted by molar-refractivity contribution is 0.347. The van der Waals surface area contributed by atoms with Gasteiger partial charge in [0.1, 0.15) is 0 Å². The summed E-state index contributed by atoms with van der Waals surface area (Å²) in [5, 5.41) is 0. The molecule has 2 fully saturated rings. The number of benzene rings is 1. The molecule has 0 bridgehead atoms. The van der Waals surface area contributed by atoms with Crippen molar-refractivity contribution in [1.29, 1.82) is 0 Å². The van der Waals surface area contributed by atoms with E-state index in [4.69, 9.17) is 5.73 Å². The van der Waals surface area contributed by atoms with Crippen LogP contribution in [0.4, 0.5) is 0 Å². The number of nitrogens with two attached hydrogens (primary N) is 1. The Hall–Kier alpha value is -0.860. The summed E-state index contributed by atoms with van der Waals surface area (Å²) in [4.78, 5) is 2.47. The van der Waals surface area contributed by atoms with Gasteiger partial charge in [-0.25, -0.2) is 0 Å². The van der Waals surface area contributed by atoms with E-state index >= 15 is 0 Å². The molecule has 1 aromatic carbocycles. The summed E-state index contributed by atoms with van der Waals surface area (Å²) in [5.74, 6) is 0.729. The summed E-state index contributed by atoms with van der Waals surface area (Å²) in [7, 11) is 2.25. The molecule has 1 aliphatic carbocycles. The van der Waals surface area contributed by atoms with Crippen molar-refractivity contribution in [3.8, 4) is 0 Å². The van der Waals surface area contributed by atoms with Crippen molar-refractivity contribution in [2.75, 3.05) is 20.1 Å². The molecular weight excluding hydrogens is 244 g/mol. The van der Waals surface area contributed by atoms with E-state index in [0.29, 0.717) is 0 Å². The van der Waals surface area contributed by atoms with Gasteiger partial charge >= 0.3 is 0 Å². The Morgan fingerprint density at radius 1 is 1.20 bits per heavy atom. The van der Waals surface area contributed by atoms with Crippen LogP contribution >= 0.6 is 0 Å². The maximum absolute atomic E-state index is 6.31. The van der Waals surface area contributed by atoms with Crippen molar-refractivity contribution >= 4 is 0 Å². The summed E-state index contributed by atoms with van der Waals surface area (Å²) in [6.45, 7) is 4.66. The summed E-state index contributed by atoms with van der Waals surface area (Å²) in [6, 6.07) is 9.40. The lowest BCUT2D eigenvalue weighted by Crippen LogP contribution is -2.32. The van der Waals surface area contributed by atoms with Crippen LogP contribution in [0, 0.1) is 0 Å². The largest absolute Gasteiger partial charge is 0.327 e. The SMILES string of the molecule is CC(N)C1(c2ccccc2C2CCCN(C)CC2)CC1. The van der Waals surface area contributed by atoms with Crippen LogP contribution in [0.5, 0.6) is 0 Å². The minimum atomic E-state index is 0.275. The van der Waals surface area contributed by atoms with Crippen molar-refractivity contribution in [2.45, 2.75) is 56.4 Å². The molecule has 0 aromatic heterocycles. The van der Waals surface area contributed by atoms with Crippen molar-refractivity contribution in [2.24, 2.45) is 5.73 Å². The Morgan fingerprint density at radius 3 is 2.65 bits per heavy atom. The number of hydrogen-bond acceptors (Lipinski definition) is 2. The summed E-state index contributed by atoms with van der Waals surface area (Å²) >= 11 is 0. The average Bonchev–Trinajstić information content (AvgIpc) is 3.24. The number of nitrogens with zero attached hydrogens (tertiary/aromatic N) is 1. The van der Waals surface area contributed by atoms with Crippen LogP contribution < -0.4 is 5.73 Å². The van der Waals surface area contributed by atoms with Crippen LogP contribution in [0.1, 0.15) is 56.1 Å². The highest BCUT2D eigenvalue weighted by molar-refractivity contribution is 5.42. The molecule has 2 unspecified atom stereocenters. The average molecular weight is 272 g/mol. The van der Waals surface area contributed by atoms with Gasteiger partial charge in [-0.05, 0) is 76.2 Å². The molecule has 2 heteroatoms. The molecule has 2 nitrogen and oxygen atoms in total. The van der Waals surface area contributed by atoms with Gasteiger partial charge in [-0.1, -0.05) is 24.3 Å². The van der Waals surface area contributed by atoms with Gasteiger partial charge in [-0.2, -0.15) is 0 Å². The predicted octanol–water partition coefficient (Wildman–Crippen LogP) is 3.26. The van der Waals surface area contributed by atoms with E-state index in [1.54, 1.807) is 11.1 Å². The molecule has 1 heterocycles. The molecule has 20 heavy (non-hydrogen) atoms. The molecule has 1 saturated heterocycles. The van der Waals surface area contributed by atoms with Gasteiger partial charge in [0.25, 0.3) is 0 Å². The van der Waals surface area contributed by atoms with E-state index in [9.17, 15) is 0 Å². The molecule has 3 rings (SSSR count). The van der Waals surface area contributed by atoms with E-state index in [-0.39, 0.29) is 11.5 Å². The third-order valence-electron chi connectivity index (χ3n) is 5.55. The van der Waals surface area contributed by atoms with Crippen molar-refractivity contribution in [3.63, 3.8) is 0 Å². The van der Waals surface area contributed by atoms with Gasteiger partial charge in [-0.15, -0.1) is 0 Å². The zero-order valence-electron chi connectivity index (χ0n) is 12.9. The summed E-state index contributed by atoms with van der Waals surface area (Å²) in [5.41, 5.74) is 9.75. The highest BCUT2D eigenvalue weighted by Crippen LogP contribution is 2.52. The monoisotopic (exact) mass is 272 g/mol. The van der Waals surface area contributed by atoms with Crippen molar-refractivity contribution in [3.05, 3.63) is 35.4 Å². The fourth-order valence-electron chi connectivity index (χ4n) is 3.96. The van der Waals surface area contributed by atoms with E-state index in [2.05, 4.69) is 43.1 Å². The molecule has 110 valence electrons. The quantitative estimate of drug-likeness (QED) is 0.915. The molecular formula is C18H28N2. The molecule has 0 radical (unpaired) electrons. The van der Waals surface area contributed by atoms with E-state index in [1.165, 1.54) is 45.2 Å². The second kappa shape index (κ2) is 5.50. The summed E-state index contributed by atoms with van der Waals surface area (Å²) < 4.78 is 0. The maximum atomic E-state index is 6.31. The molecule has 2 atom stereocenters. The first kappa shape index (κ1) is 14.1. The number of likely N-dealkylation sites (tertiary alicyclic amines) is 1. The lowest BCUT2D eigenvalue weighted by atomic mass is 9.80. The first-order valence-corrected chi connectivity index (χ1v) is 8.17. The van der Waals surface area contributed by atoms with Gasteiger partial charge in [0, 0.05) is 11.5 Å². The van der Waals surface area contributed by atoms with E-state index in [0.717, 1.165) is 5.92 Å². The molecule has 2 N–H and O–H groups in total. The van der Waals surface area contributed by atoms with Crippen LogP contribution in [-0.2, 0) is 5.41 Å². The Balaban J connectivity index is 1.90. The Kier molecular flexibility index (Phi) is 3.87. The minimum Gasteiger partial charge on any atom is -0.327 e. The summed E-state index contributed by atoms with van der Waals surface area (Å²) in [6.07, 6.45) is 6.49. The zero-order chi connectivity index (χ0) is 14.2. The van der Waals surface area contributed by atoms with E-state index in [1.807, 2.05) is 0 Å². The third kappa shape index (κ3) is 2.51. The highest BCUT2D eigenvalue weighted by Gasteiger charge is 2.48. The van der Waals surface area contributed by atoms with Crippen LogP contribution in [0.2, 0.25) is 0 Å². The highest BCUT2D eigenvalue weighted by atomic mass is 15.1. The Bertz CT molecular complexity index is 462.